The van der Waals surface area contributed by atoms with Crippen molar-refractivity contribution in [2.24, 2.45) is 0 Å². The lowest BCUT2D eigenvalue weighted by atomic mass is 10.2. The highest BCUT2D eigenvalue weighted by atomic mass is 79.9. The standard InChI is InChI=1S/C11H15BrFNO/c1-8(15)4-5-14-7-9-2-3-10(12)6-11(9)13/h2-3,6,8,14-15H,4-5,7H2,1H3. The number of benzene rings is 1. The zero-order valence-corrected chi connectivity index (χ0v) is 10.2. The molecule has 0 fully saturated rings. The van der Waals surface area contributed by atoms with Crippen molar-refractivity contribution in [3.63, 3.8) is 0 Å². The number of halogens is 2. The normalized spacial score (nSPS) is 12.8. The zero-order valence-electron chi connectivity index (χ0n) is 8.63. The molecule has 15 heavy (non-hydrogen) atoms. The summed E-state index contributed by atoms with van der Waals surface area (Å²) in [5.41, 5.74) is 0.642. The van der Waals surface area contributed by atoms with E-state index in [1.165, 1.54) is 6.07 Å². The van der Waals surface area contributed by atoms with Crippen LogP contribution in [0.15, 0.2) is 22.7 Å². The van der Waals surface area contributed by atoms with Gasteiger partial charge in [-0.1, -0.05) is 22.0 Å². The van der Waals surface area contributed by atoms with E-state index in [0.717, 1.165) is 4.47 Å². The second-order valence-electron chi connectivity index (χ2n) is 3.55. The first-order chi connectivity index (χ1) is 7.09. The maximum absolute atomic E-state index is 13.3. The van der Waals surface area contributed by atoms with E-state index in [2.05, 4.69) is 21.2 Å². The number of hydrogen-bond donors (Lipinski definition) is 2. The Hall–Kier alpha value is -0.450. The van der Waals surface area contributed by atoms with Crippen LogP contribution >= 0.6 is 15.9 Å². The molecule has 0 spiro atoms. The summed E-state index contributed by atoms with van der Waals surface area (Å²) in [4.78, 5) is 0. The molecule has 0 amide bonds. The summed E-state index contributed by atoms with van der Waals surface area (Å²) in [6, 6.07) is 5.01. The Morgan fingerprint density at radius 2 is 2.27 bits per heavy atom. The molecule has 0 aliphatic rings. The molecule has 1 rings (SSSR count). The summed E-state index contributed by atoms with van der Waals surface area (Å²) in [5.74, 6) is -0.214. The van der Waals surface area contributed by atoms with Crippen LogP contribution in [-0.4, -0.2) is 17.8 Å². The first kappa shape index (κ1) is 12.6. The molecule has 0 bridgehead atoms. The fraction of sp³-hybridized carbons (Fsp3) is 0.455. The average Bonchev–Trinajstić information content (AvgIpc) is 2.14. The lowest BCUT2D eigenvalue weighted by molar-refractivity contribution is 0.183. The highest BCUT2D eigenvalue weighted by Crippen LogP contribution is 2.14. The molecule has 2 nitrogen and oxygen atoms in total. The van der Waals surface area contributed by atoms with Crippen molar-refractivity contribution in [1.82, 2.24) is 5.32 Å². The van der Waals surface area contributed by atoms with Crippen LogP contribution in [-0.2, 0) is 6.54 Å². The van der Waals surface area contributed by atoms with E-state index in [0.29, 0.717) is 25.1 Å². The SMILES string of the molecule is CC(O)CCNCc1ccc(Br)cc1F. The second-order valence-corrected chi connectivity index (χ2v) is 4.47. The minimum atomic E-state index is -0.313. The van der Waals surface area contributed by atoms with Gasteiger partial charge in [-0.3, -0.25) is 0 Å². The third-order valence-electron chi connectivity index (χ3n) is 2.07. The fourth-order valence-corrected chi connectivity index (χ4v) is 1.53. The lowest BCUT2D eigenvalue weighted by Crippen LogP contribution is -2.19. The van der Waals surface area contributed by atoms with Crippen LogP contribution in [0.25, 0.3) is 0 Å². The van der Waals surface area contributed by atoms with Crippen LogP contribution in [0.1, 0.15) is 18.9 Å². The molecular weight excluding hydrogens is 261 g/mol. The largest absolute Gasteiger partial charge is 0.393 e. The highest BCUT2D eigenvalue weighted by Gasteiger charge is 2.02. The Bertz CT molecular complexity index is 317. The summed E-state index contributed by atoms with van der Waals surface area (Å²) >= 11 is 3.20. The summed E-state index contributed by atoms with van der Waals surface area (Å²) in [7, 11) is 0. The number of nitrogens with one attached hydrogen (secondary N) is 1. The highest BCUT2D eigenvalue weighted by molar-refractivity contribution is 9.10. The van der Waals surface area contributed by atoms with Crippen LogP contribution < -0.4 is 5.32 Å². The van der Waals surface area contributed by atoms with Crippen molar-refractivity contribution in [3.8, 4) is 0 Å². The quantitative estimate of drug-likeness (QED) is 0.810. The van der Waals surface area contributed by atoms with E-state index in [9.17, 15) is 4.39 Å². The Labute approximate surface area is 97.6 Å². The van der Waals surface area contributed by atoms with E-state index in [1.807, 2.05) is 6.07 Å². The molecule has 0 aliphatic carbocycles. The molecule has 1 unspecified atom stereocenters. The maximum atomic E-state index is 13.3. The minimum Gasteiger partial charge on any atom is -0.393 e. The maximum Gasteiger partial charge on any atom is 0.128 e. The number of hydrogen-bond acceptors (Lipinski definition) is 2. The predicted octanol–water partition coefficient (Wildman–Crippen LogP) is 2.45. The molecule has 1 aromatic rings. The summed E-state index contributed by atoms with van der Waals surface area (Å²) in [6.45, 7) is 2.92. The molecule has 0 radical (unpaired) electrons. The molecule has 0 heterocycles. The van der Waals surface area contributed by atoms with Crippen molar-refractivity contribution < 1.29 is 9.50 Å². The van der Waals surface area contributed by atoms with Gasteiger partial charge >= 0.3 is 0 Å². The van der Waals surface area contributed by atoms with Gasteiger partial charge in [-0.2, -0.15) is 0 Å². The Morgan fingerprint density at radius 3 is 2.87 bits per heavy atom. The van der Waals surface area contributed by atoms with Crippen molar-refractivity contribution in [3.05, 3.63) is 34.1 Å². The predicted molar refractivity (Wildman–Crippen MR) is 62.1 cm³/mol. The topological polar surface area (TPSA) is 32.3 Å². The van der Waals surface area contributed by atoms with Crippen molar-refractivity contribution >= 4 is 15.9 Å². The van der Waals surface area contributed by atoms with Crippen molar-refractivity contribution in [1.29, 1.82) is 0 Å². The molecule has 1 atom stereocenters. The van der Waals surface area contributed by atoms with Gasteiger partial charge in [0.05, 0.1) is 6.10 Å². The molecule has 0 aliphatic heterocycles. The van der Waals surface area contributed by atoms with Gasteiger partial charge in [0.25, 0.3) is 0 Å². The monoisotopic (exact) mass is 275 g/mol. The Balaban J connectivity index is 2.37. The molecular formula is C11H15BrFNO. The van der Waals surface area contributed by atoms with E-state index >= 15 is 0 Å². The van der Waals surface area contributed by atoms with Crippen molar-refractivity contribution in [2.45, 2.75) is 26.0 Å². The first-order valence-corrected chi connectivity index (χ1v) is 5.71. The average molecular weight is 276 g/mol. The third-order valence-corrected chi connectivity index (χ3v) is 2.56. The van der Waals surface area contributed by atoms with Gasteiger partial charge < -0.3 is 10.4 Å². The van der Waals surface area contributed by atoms with Crippen LogP contribution in [0.3, 0.4) is 0 Å². The van der Waals surface area contributed by atoms with E-state index in [4.69, 9.17) is 5.11 Å². The summed E-state index contributed by atoms with van der Waals surface area (Å²) in [5, 5.41) is 12.1. The molecule has 0 saturated carbocycles. The molecule has 0 aromatic heterocycles. The van der Waals surface area contributed by atoms with Gasteiger partial charge in [-0.25, -0.2) is 4.39 Å². The van der Waals surface area contributed by atoms with Gasteiger partial charge in [0.2, 0.25) is 0 Å². The van der Waals surface area contributed by atoms with Crippen LogP contribution in [0.2, 0.25) is 0 Å². The van der Waals surface area contributed by atoms with Gasteiger partial charge in [0, 0.05) is 16.6 Å². The Morgan fingerprint density at radius 1 is 1.53 bits per heavy atom. The molecule has 1 aromatic carbocycles. The van der Waals surface area contributed by atoms with Gasteiger partial charge in [-0.05, 0) is 32.0 Å². The summed E-state index contributed by atoms with van der Waals surface area (Å²) < 4.78 is 14.1. The zero-order chi connectivity index (χ0) is 11.3. The van der Waals surface area contributed by atoms with Gasteiger partial charge in [0.1, 0.15) is 5.82 Å². The number of aliphatic hydroxyl groups is 1. The van der Waals surface area contributed by atoms with Crippen LogP contribution in [0, 0.1) is 5.82 Å². The molecule has 84 valence electrons. The van der Waals surface area contributed by atoms with E-state index < -0.39 is 0 Å². The molecule has 0 saturated heterocycles. The fourth-order valence-electron chi connectivity index (χ4n) is 1.20. The lowest BCUT2D eigenvalue weighted by Gasteiger charge is -2.07. The van der Waals surface area contributed by atoms with E-state index in [1.54, 1.807) is 13.0 Å². The van der Waals surface area contributed by atoms with Gasteiger partial charge in [0.15, 0.2) is 0 Å². The van der Waals surface area contributed by atoms with Crippen molar-refractivity contribution in [2.75, 3.05) is 6.54 Å². The number of aliphatic hydroxyl groups excluding tert-OH is 1. The second kappa shape index (κ2) is 6.20. The van der Waals surface area contributed by atoms with Gasteiger partial charge in [-0.15, -0.1) is 0 Å². The van der Waals surface area contributed by atoms with Crippen LogP contribution in [0.4, 0.5) is 4.39 Å². The Kier molecular flexibility index (Phi) is 5.22. The first-order valence-electron chi connectivity index (χ1n) is 4.92. The molecule has 2 N–H and O–H groups in total. The number of rotatable bonds is 5. The summed E-state index contributed by atoms with van der Waals surface area (Å²) in [6.07, 6.45) is 0.366. The van der Waals surface area contributed by atoms with E-state index in [-0.39, 0.29) is 11.9 Å². The molecule has 4 heteroatoms. The van der Waals surface area contributed by atoms with Crippen LogP contribution in [0.5, 0.6) is 0 Å². The third kappa shape index (κ3) is 4.73. The minimum absolute atomic E-state index is 0.214. The smallest absolute Gasteiger partial charge is 0.128 e.